The fourth-order valence-electron chi connectivity index (χ4n) is 1.80. The summed E-state index contributed by atoms with van der Waals surface area (Å²) < 4.78 is 5.24. The van der Waals surface area contributed by atoms with Crippen molar-refractivity contribution >= 4 is 30.2 Å². The molecule has 0 aromatic heterocycles. The average Bonchev–Trinajstić information content (AvgIpc) is 2.46. The van der Waals surface area contributed by atoms with Crippen molar-refractivity contribution in [2.24, 2.45) is 0 Å². The Bertz CT molecular complexity index is 572. The van der Waals surface area contributed by atoms with Gasteiger partial charge >= 0.3 is 5.97 Å². The second-order valence-electron chi connectivity index (χ2n) is 4.44. The van der Waals surface area contributed by atoms with Gasteiger partial charge < -0.3 is 4.74 Å². The number of hydrogen-bond donors (Lipinski definition) is 1. The number of thiol groups is 1. The van der Waals surface area contributed by atoms with Gasteiger partial charge in [-0.2, -0.15) is 12.6 Å². The van der Waals surface area contributed by atoms with Crippen LogP contribution in [0.15, 0.2) is 54.6 Å². The highest BCUT2D eigenvalue weighted by Crippen LogP contribution is 2.13. The van der Waals surface area contributed by atoms with E-state index >= 15 is 0 Å². The molecule has 0 spiro atoms. The molecule has 0 saturated carbocycles. The molecule has 1 unspecified atom stereocenters. The van der Waals surface area contributed by atoms with E-state index in [4.69, 9.17) is 16.3 Å². The van der Waals surface area contributed by atoms with Crippen LogP contribution in [0.5, 0.6) is 0 Å². The number of benzene rings is 2. The van der Waals surface area contributed by atoms with Gasteiger partial charge in [0.15, 0.2) is 0 Å². The van der Waals surface area contributed by atoms with Gasteiger partial charge in [0.05, 0.1) is 0 Å². The van der Waals surface area contributed by atoms with Crippen LogP contribution in [0.2, 0.25) is 5.02 Å². The van der Waals surface area contributed by atoms with Crippen LogP contribution in [0.25, 0.3) is 0 Å². The van der Waals surface area contributed by atoms with Gasteiger partial charge in [0.1, 0.15) is 11.9 Å². The van der Waals surface area contributed by atoms with E-state index in [1.807, 2.05) is 42.5 Å². The summed E-state index contributed by atoms with van der Waals surface area (Å²) in [5.74, 6) is -0.322. The number of carbonyl (C=O) groups is 1. The van der Waals surface area contributed by atoms with E-state index in [1.165, 1.54) is 0 Å². The molecular formula is C16H15ClO2S. The Kier molecular flexibility index (Phi) is 5.50. The highest BCUT2D eigenvalue weighted by Gasteiger charge is 2.16. The second kappa shape index (κ2) is 7.36. The van der Waals surface area contributed by atoms with Crippen LogP contribution >= 0.6 is 24.2 Å². The van der Waals surface area contributed by atoms with Crippen LogP contribution < -0.4 is 0 Å². The van der Waals surface area contributed by atoms with E-state index in [0.717, 1.165) is 11.1 Å². The van der Waals surface area contributed by atoms with Gasteiger partial charge in [-0.1, -0.05) is 54.1 Å². The van der Waals surface area contributed by atoms with Crippen molar-refractivity contribution in [2.45, 2.75) is 18.3 Å². The van der Waals surface area contributed by atoms with Crippen LogP contribution in [0.1, 0.15) is 11.1 Å². The molecule has 0 aliphatic carbocycles. The molecule has 2 nitrogen and oxygen atoms in total. The fourth-order valence-corrected chi connectivity index (χ4v) is 2.30. The number of carbonyl (C=O) groups excluding carboxylic acids is 1. The van der Waals surface area contributed by atoms with Crippen LogP contribution in [0, 0.1) is 0 Å². The molecule has 0 aliphatic rings. The number of ether oxygens (including phenoxy) is 1. The monoisotopic (exact) mass is 306 g/mol. The van der Waals surface area contributed by atoms with Crippen molar-refractivity contribution in [2.75, 3.05) is 0 Å². The number of esters is 1. The minimum absolute atomic E-state index is 0.214. The van der Waals surface area contributed by atoms with Gasteiger partial charge in [0.25, 0.3) is 0 Å². The van der Waals surface area contributed by atoms with E-state index in [2.05, 4.69) is 12.6 Å². The van der Waals surface area contributed by atoms with E-state index in [0.29, 0.717) is 11.4 Å². The van der Waals surface area contributed by atoms with Crippen LogP contribution in [0.3, 0.4) is 0 Å². The molecule has 1 atom stereocenters. The summed E-state index contributed by atoms with van der Waals surface area (Å²) in [6.45, 7) is 0.214. The van der Waals surface area contributed by atoms with Crippen molar-refractivity contribution < 1.29 is 9.53 Å². The van der Waals surface area contributed by atoms with Crippen molar-refractivity contribution in [3.8, 4) is 0 Å². The topological polar surface area (TPSA) is 26.3 Å². The predicted molar refractivity (Wildman–Crippen MR) is 84.2 cm³/mol. The highest BCUT2D eigenvalue weighted by molar-refractivity contribution is 7.81. The minimum atomic E-state index is -0.461. The van der Waals surface area contributed by atoms with Gasteiger partial charge in [0.2, 0.25) is 0 Å². The minimum Gasteiger partial charge on any atom is -0.460 e. The Balaban J connectivity index is 1.85. The summed E-state index contributed by atoms with van der Waals surface area (Å²) in [6, 6.07) is 17.0. The Hall–Kier alpha value is -1.45. The summed E-state index contributed by atoms with van der Waals surface area (Å²) in [7, 11) is 0. The third-order valence-electron chi connectivity index (χ3n) is 2.81. The number of halogens is 1. The summed E-state index contributed by atoms with van der Waals surface area (Å²) in [4.78, 5) is 11.9. The SMILES string of the molecule is O=C(OCc1cccc(Cl)c1)C(S)Cc1ccccc1. The van der Waals surface area contributed by atoms with Crippen molar-refractivity contribution in [1.82, 2.24) is 0 Å². The summed E-state index contributed by atoms with van der Waals surface area (Å²) >= 11 is 10.2. The molecule has 2 aromatic rings. The first-order chi connectivity index (χ1) is 9.65. The maximum atomic E-state index is 11.9. The molecule has 0 fully saturated rings. The first-order valence-corrected chi connectivity index (χ1v) is 7.17. The zero-order chi connectivity index (χ0) is 14.4. The summed E-state index contributed by atoms with van der Waals surface area (Å²) in [5, 5.41) is 0.168. The van der Waals surface area contributed by atoms with E-state index in [9.17, 15) is 4.79 Å². The van der Waals surface area contributed by atoms with Crippen molar-refractivity contribution in [1.29, 1.82) is 0 Å². The standard InChI is InChI=1S/C16H15ClO2S/c17-14-8-4-7-13(9-14)11-19-16(18)15(20)10-12-5-2-1-3-6-12/h1-9,15,20H,10-11H2. The predicted octanol–water partition coefficient (Wildman–Crippen LogP) is 3.92. The normalized spacial score (nSPS) is 11.9. The van der Waals surface area contributed by atoms with E-state index in [1.54, 1.807) is 12.1 Å². The lowest BCUT2D eigenvalue weighted by Gasteiger charge is -2.11. The van der Waals surface area contributed by atoms with Gasteiger partial charge in [0, 0.05) is 5.02 Å². The average molecular weight is 307 g/mol. The number of rotatable bonds is 5. The smallest absolute Gasteiger partial charge is 0.319 e. The third-order valence-corrected chi connectivity index (χ3v) is 3.44. The van der Waals surface area contributed by atoms with E-state index < -0.39 is 5.25 Å². The Morgan fingerprint density at radius 1 is 1.10 bits per heavy atom. The first-order valence-electron chi connectivity index (χ1n) is 6.28. The molecule has 20 heavy (non-hydrogen) atoms. The summed E-state index contributed by atoms with van der Waals surface area (Å²) in [6.07, 6.45) is 0.554. The second-order valence-corrected chi connectivity index (χ2v) is 5.50. The molecule has 0 radical (unpaired) electrons. The number of hydrogen-bond acceptors (Lipinski definition) is 3. The fraction of sp³-hybridized carbons (Fsp3) is 0.188. The van der Waals surface area contributed by atoms with E-state index in [-0.39, 0.29) is 12.6 Å². The molecule has 104 valence electrons. The molecule has 2 aromatic carbocycles. The molecule has 0 N–H and O–H groups in total. The Labute approximate surface area is 129 Å². The van der Waals surface area contributed by atoms with Crippen molar-refractivity contribution in [3.63, 3.8) is 0 Å². The van der Waals surface area contributed by atoms with Gasteiger partial charge in [-0.15, -0.1) is 0 Å². The molecule has 0 amide bonds. The quantitative estimate of drug-likeness (QED) is 0.669. The summed E-state index contributed by atoms with van der Waals surface area (Å²) in [5.41, 5.74) is 1.93. The molecule has 0 aliphatic heterocycles. The van der Waals surface area contributed by atoms with Crippen LogP contribution in [-0.2, 0) is 22.6 Å². The van der Waals surface area contributed by atoms with Gasteiger partial charge in [-0.25, -0.2) is 0 Å². The third kappa shape index (κ3) is 4.58. The Morgan fingerprint density at radius 3 is 2.50 bits per heavy atom. The molecular weight excluding hydrogens is 292 g/mol. The first kappa shape index (κ1) is 14.9. The highest BCUT2D eigenvalue weighted by atomic mass is 35.5. The lowest BCUT2D eigenvalue weighted by atomic mass is 10.1. The molecule has 4 heteroatoms. The molecule has 0 saturated heterocycles. The lowest BCUT2D eigenvalue weighted by molar-refractivity contribution is -0.144. The van der Waals surface area contributed by atoms with Crippen LogP contribution in [-0.4, -0.2) is 11.2 Å². The zero-order valence-corrected chi connectivity index (χ0v) is 12.5. The maximum absolute atomic E-state index is 11.9. The van der Waals surface area contributed by atoms with Gasteiger partial charge in [-0.05, 0) is 29.7 Å². The maximum Gasteiger partial charge on any atom is 0.319 e. The zero-order valence-electron chi connectivity index (χ0n) is 10.8. The van der Waals surface area contributed by atoms with Gasteiger partial charge in [-0.3, -0.25) is 4.79 Å². The molecule has 0 heterocycles. The molecule has 2 rings (SSSR count). The van der Waals surface area contributed by atoms with Crippen LogP contribution in [0.4, 0.5) is 0 Å². The Morgan fingerprint density at radius 2 is 1.80 bits per heavy atom. The lowest BCUT2D eigenvalue weighted by Crippen LogP contribution is -2.20. The largest absolute Gasteiger partial charge is 0.460 e. The molecule has 0 bridgehead atoms. The van der Waals surface area contributed by atoms with Crippen molar-refractivity contribution in [3.05, 3.63) is 70.7 Å².